The smallest absolute Gasteiger partial charge is 0.224 e. The Balaban J connectivity index is 1.65. The maximum Gasteiger partial charge on any atom is 0.224 e. The molecule has 0 spiro atoms. The summed E-state index contributed by atoms with van der Waals surface area (Å²) >= 11 is 3.40. The van der Waals surface area contributed by atoms with Gasteiger partial charge < -0.3 is 14.8 Å². The summed E-state index contributed by atoms with van der Waals surface area (Å²) in [7, 11) is 0. The van der Waals surface area contributed by atoms with Crippen LogP contribution in [0.1, 0.15) is 12.0 Å². The average molecular weight is 380 g/mol. The molecule has 0 bridgehead atoms. The quantitative estimate of drug-likeness (QED) is 0.875. The fraction of sp³-hybridized carbons (Fsp3) is 0.235. The zero-order valence-corrected chi connectivity index (χ0v) is 13.9. The van der Waals surface area contributed by atoms with E-state index in [1.54, 1.807) is 30.3 Å². The van der Waals surface area contributed by atoms with Gasteiger partial charge in [0.2, 0.25) is 5.91 Å². The molecule has 2 aromatic rings. The highest BCUT2D eigenvalue weighted by Gasteiger charge is 2.16. The molecule has 1 amide bonds. The maximum absolute atomic E-state index is 13.5. The molecule has 4 nitrogen and oxygen atoms in total. The van der Waals surface area contributed by atoms with E-state index in [-0.39, 0.29) is 18.1 Å². The van der Waals surface area contributed by atoms with Gasteiger partial charge in [-0.1, -0.05) is 18.2 Å². The van der Waals surface area contributed by atoms with Gasteiger partial charge in [-0.25, -0.2) is 4.39 Å². The number of carbonyl (C=O) groups excluding carboxylic acids is 1. The van der Waals surface area contributed by atoms with Gasteiger partial charge in [-0.2, -0.15) is 0 Å². The van der Waals surface area contributed by atoms with Gasteiger partial charge in [0.15, 0.2) is 11.5 Å². The summed E-state index contributed by atoms with van der Waals surface area (Å²) < 4.78 is 25.2. The summed E-state index contributed by atoms with van der Waals surface area (Å²) in [5, 5.41) is 2.81. The van der Waals surface area contributed by atoms with E-state index in [1.165, 1.54) is 6.07 Å². The van der Waals surface area contributed by atoms with Crippen molar-refractivity contribution in [3.05, 3.63) is 52.3 Å². The molecule has 1 heterocycles. The second kappa shape index (κ2) is 7.00. The number of rotatable bonds is 4. The van der Waals surface area contributed by atoms with Gasteiger partial charge in [-0.05, 0) is 34.0 Å². The Morgan fingerprint density at radius 3 is 2.61 bits per heavy atom. The Labute approximate surface area is 141 Å². The number of ether oxygens (including phenoxy) is 2. The second-order valence-corrected chi connectivity index (χ2v) is 5.97. The number of nitrogens with one attached hydrogen (secondary N) is 1. The Morgan fingerprint density at radius 2 is 1.87 bits per heavy atom. The summed E-state index contributed by atoms with van der Waals surface area (Å²) in [5.74, 6) is 0.766. The lowest BCUT2D eigenvalue weighted by Crippen LogP contribution is -2.17. The van der Waals surface area contributed by atoms with Crippen molar-refractivity contribution in [2.75, 3.05) is 18.5 Å². The Kier molecular flexibility index (Phi) is 4.81. The van der Waals surface area contributed by atoms with Crippen LogP contribution in [0.15, 0.2) is 40.9 Å². The van der Waals surface area contributed by atoms with E-state index in [0.29, 0.717) is 46.9 Å². The predicted molar refractivity (Wildman–Crippen MR) is 88.5 cm³/mol. The molecule has 0 unspecified atom stereocenters. The number of amides is 1. The predicted octanol–water partition coefficient (Wildman–Crippen LogP) is 3.93. The van der Waals surface area contributed by atoms with Crippen LogP contribution in [0.3, 0.4) is 0 Å². The first-order chi connectivity index (χ1) is 11.1. The van der Waals surface area contributed by atoms with E-state index < -0.39 is 0 Å². The van der Waals surface area contributed by atoms with E-state index in [4.69, 9.17) is 9.47 Å². The van der Waals surface area contributed by atoms with Crippen molar-refractivity contribution in [1.29, 1.82) is 0 Å². The van der Waals surface area contributed by atoms with Crippen LogP contribution in [-0.2, 0) is 11.2 Å². The lowest BCUT2D eigenvalue weighted by molar-refractivity contribution is -0.116. The van der Waals surface area contributed by atoms with Gasteiger partial charge in [-0.15, -0.1) is 0 Å². The topological polar surface area (TPSA) is 47.6 Å². The normalized spacial score (nSPS) is 12.8. The third kappa shape index (κ3) is 3.82. The van der Waals surface area contributed by atoms with Gasteiger partial charge in [0, 0.05) is 23.0 Å². The van der Waals surface area contributed by atoms with Gasteiger partial charge in [0.25, 0.3) is 0 Å². The van der Waals surface area contributed by atoms with Crippen molar-refractivity contribution >= 4 is 27.5 Å². The molecule has 2 aromatic carbocycles. The lowest BCUT2D eigenvalue weighted by atomic mass is 10.1. The van der Waals surface area contributed by atoms with Crippen molar-refractivity contribution in [1.82, 2.24) is 0 Å². The van der Waals surface area contributed by atoms with Crippen LogP contribution in [0.2, 0.25) is 0 Å². The molecule has 6 heteroatoms. The number of aryl methyl sites for hydroxylation is 1. The molecule has 3 rings (SSSR count). The van der Waals surface area contributed by atoms with Crippen LogP contribution < -0.4 is 14.8 Å². The zero-order valence-electron chi connectivity index (χ0n) is 12.3. The minimum atomic E-state index is -0.291. The fourth-order valence-corrected chi connectivity index (χ4v) is 2.74. The lowest BCUT2D eigenvalue weighted by Gasteiger charge is -2.20. The van der Waals surface area contributed by atoms with Crippen molar-refractivity contribution in [2.24, 2.45) is 0 Å². The molecule has 0 saturated heterocycles. The fourth-order valence-electron chi connectivity index (χ4n) is 2.32. The number of carbonyl (C=O) groups is 1. The highest BCUT2D eigenvalue weighted by Crippen LogP contribution is 2.38. The standard InChI is InChI=1S/C17H15BrFNO3/c18-12-9-15-16(23-8-7-22-15)10-14(12)20-17(21)6-5-11-3-1-2-4-13(11)19/h1-4,9-10H,5-8H2,(H,20,21). The molecule has 120 valence electrons. The number of benzene rings is 2. The maximum atomic E-state index is 13.5. The summed E-state index contributed by atoms with van der Waals surface area (Å²) in [6.07, 6.45) is 0.544. The van der Waals surface area contributed by atoms with Crippen molar-refractivity contribution in [2.45, 2.75) is 12.8 Å². The van der Waals surface area contributed by atoms with Crippen molar-refractivity contribution in [3.63, 3.8) is 0 Å². The molecular weight excluding hydrogens is 365 g/mol. The molecule has 0 atom stereocenters. The zero-order chi connectivity index (χ0) is 16.2. The van der Waals surface area contributed by atoms with Gasteiger partial charge in [0.05, 0.1) is 5.69 Å². The van der Waals surface area contributed by atoms with Gasteiger partial charge in [0.1, 0.15) is 19.0 Å². The number of hydrogen-bond acceptors (Lipinski definition) is 3. The van der Waals surface area contributed by atoms with Crippen LogP contribution in [0.4, 0.5) is 10.1 Å². The minimum absolute atomic E-state index is 0.189. The summed E-state index contributed by atoms with van der Waals surface area (Å²) in [4.78, 5) is 12.1. The van der Waals surface area contributed by atoms with Crippen molar-refractivity contribution in [3.8, 4) is 11.5 Å². The number of anilines is 1. The van der Waals surface area contributed by atoms with Gasteiger partial charge in [-0.3, -0.25) is 4.79 Å². The molecule has 1 aliphatic heterocycles. The highest BCUT2D eigenvalue weighted by atomic mass is 79.9. The molecule has 0 aliphatic carbocycles. The monoisotopic (exact) mass is 379 g/mol. The van der Waals surface area contributed by atoms with Crippen LogP contribution in [0, 0.1) is 5.82 Å². The summed E-state index contributed by atoms with van der Waals surface area (Å²) in [5.41, 5.74) is 1.14. The first kappa shape index (κ1) is 15.8. The number of halogens is 2. The molecule has 23 heavy (non-hydrogen) atoms. The molecule has 1 N–H and O–H groups in total. The molecule has 0 fully saturated rings. The van der Waals surface area contributed by atoms with Gasteiger partial charge >= 0.3 is 0 Å². The molecule has 0 radical (unpaired) electrons. The third-order valence-electron chi connectivity index (χ3n) is 3.49. The van der Waals surface area contributed by atoms with E-state index in [9.17, 15) is 9.18 Å². The Bertz CT molecular complexity index is 736. The highest BCUT2D eigenvalue weighted by molar-refractivity contribution is 9.10. The van der Waals surface area contributed by atoms with Crippen LogP contribution >= 0.6 is 15.9 Å². The number of hydrogen-bond donors (Lipinski definition) is 1. The van der Waals surface area contributed by atoms with E-state index in [1.807, 2.05) is 0 Å². The van der Waals surface area contributed by atoms with E-state index in [0.717, 1.165) is 0 Å². The average Bonchev–Trinajstić information content (AvgIpc) is 2.55. The molecular formula is C17H15BrFNO3. The first-order valence-electron chi connectivity index (χ1n) is 7.26. The van der Waals surface area contributed by atoms with Crippen molar-refractivity contribution < 1.29 is 18.7 Å². The molecule has 1 aliphatic rings. The molecule has 0 saturated carbocycles. The summed E-state index contributed by atoms with van der Waals surface area (Å²) in [6, 6.07) is 9.95. The first-order valence-corrected chi connectivity index (χ1v) is 8.05. The van der Waals surface area contributed by atoms with Crippen LogP contribution in [0.5, 0.6) is 11.5 Å². The largest absolute Gasteiger partial charge is 0.486 e. The summed E-state index contributed by atoms with van der Waals surface area (Å²) in [6.45, 7) is 0.989. The van der Waals surface area contributed by atoms with E-state index in [2.05, 4.69) is 21.2 Å². The van der Waals surface area contributed by atoms with E-state index >= 15 is 0 Å². The Morgan fingerprint density at radius 1 is 1.17 bits per heavy atom. The van der Waals surface area contributed by atoms with Crippen LogP contribution in [0.25, 0.3) is 0 Å². The third-order valence-corrected chi connectivity index (χ3v) is 4.14. The van der Waals surface area contributed by atoms with Crippen LogP contribution in [-0.4, -0.2) is 19.1 Å². The molecule has 0 aromatic heterocycles. The minimum Gasteiger partial charge on any atom is -0.486 e. The Hall–Kier alpha value is -2.08. The second-order valence-electron chi connectivity index (χ2n) is 5.12. The number of fused-ring (bicyclic) bond motifs is 1. The SMILES string of the molecule is O=C(CCc1ccccc1F)Nc1cc2c(cc1Br)OCCO2.